The number of pyridine rings is 1. The predicted molar refractivity (Wildman–Crippen MR) is 116 cm³/mol. The first-order valence-corrected chi connectivity index (χ1v) is 10.7. The van der Waals surface area contributed by atoms with Gasteiger partial charge in [0.05, 0.1) is 53.5 Å². The third-order valence-corrected chi connectivity index (χ3v) is 6.50. The molecule has 2 aliphatic rings. The molecule has 2 fully saturated rings. The highest BCUT2D eigenvalue weighted by Crippen LogP contribution is 2.37. The van der Waals surface area contributed by atoms with E-state index in [4.69, 9.17) is 4.74 Å². The van der Waals surface area contributed by atoms with Crippen LogP contribution in [-0.2, 0) is 10.9 Å². The highest BCUT2D eigenvalue weighted by Gasteiger charge is 2.39. The molecule has 0 aliphatic carbocycles. The highest BCUT2D eigenvalue weighted by molar-refractivity contribution is 5.92. The summed E-state index contributed by atoms with van der Waals surface area (Å²) in [4.78, 5) is 6.95. The van der Waals surface area contributed by atoms with Crippen LogP contribution in [0.1, 0.15) is 41.8 Å². The number of fused-ring (bicyclic) bond motifs is 3. The smallest absolute Gasteiger partial charge is 0.374 e. The minimum Gasteiger partial charge on any atom is -0.374 e. The molecule has 3 aromatic rings. The molecule has 2 saturated heterocycles. The average molecular weight is 443 g/mol. The number of hydrogen-bond acceptors (Lipinski definition) is 6. The van der Waals surface area contributed by atoms with Gasteiger partial charge in [0.2, 0.25) is 0 Å². The number of anilines is 2. The molecule has 0 unspecified atom stereocenters. The molecule has 0 amide bonds. The fraction of sp³-hybridized carbons (Fsp3) is 0.435. The number of aryl methyl sites for hydroxylation is 1. The number of ether oxygens (including phenoxy) is 1. The number of morpholine rings is 1. The maximum atomic E-state index is 13.4. The molecule has 2 aliphatic heterocycles. The first-order valence-electron chi connectivity index (χ1n) is 10.7. The summed E-state index contributed by atoms with van der Waals surface area (Å²) in [5.74, 6) is 0.505. The van der Waals surface area contributed by atoms with Gasteiger partial charge < -0.3 is 15.0 Å². The molecule has 2 aromatic heterocycles. The zero-order chi connectivity index (χ0) is 22.6. The quantitative estimate of drug-likeness (QED) is 0.624. The Morgan fingerprint density at radius 2 is 2.03 bits per heavy atom. The van der Waals surface area contributed by atoms with Crippen LogP contribution in [0.25, 0.3) is 10.9 Å². The molecule has 9 heteroatoms. The molecule has 168 valence electrons. The Hall–Kier alpha value is -2.94. The van der Waals surface area contributed by atoms with E-state index in [-0.39, 0.29) is 11.7 Å². The molecule has 1 N–H and O–H groups in total. The number of rotatable bonds is 4. The van der Waals surface area contributed by atoms with Crippen molar-refractivity contribution in [3.05, 3.63) is 52.8 Å². The Bertz CT molecular complexity index is 1180. The first-order chi connectivity index (χ1) is 15.2. The summed E-state index contributed by atoms with van der Waals surface area (Å²) in [5, 5.41) is 12.6. The van der Waals surface area contributed by atoms with Gasteiger partial charge in [-0.05, 0) is 50.5 Å². The summed E-state index contributed by atoms with van der Waals surface area (Å²) < 4.78 is 45.8. The molecule has 1 aromatic carbocycles. The van der Waals surface area contributed by atoms with Crippen molar-refractivity contribution in [2.24, 2.45) is 0 Å². The van der Waals surface area contributed by atoms with Crippen LogP contribution in [0, 0.1) is 13.8 Å². The molecule has 0 spiro atoms. The number of alkyl halides is 3. The molecule has 0 radical (unpaired) electrons. The predicted octanol–water partition coefficient (Wildman–Crippen LogP) is 4.81. The van der Waals surface area contributed by atoms with Crippen LogP contribution >= 0.6 is 0 Å². The number of aromatic nitrogens is 3. The van der Waals surface area contributed by atoms with Gasteiger partial charge in [-0.2, -0.15) is 18.3 Å². The van der Waals surface area contributed by atoms with Crippen LogP contribution in [0.15, 0.2) is 30.5 Å². The second-order valence-corrected chi connectivity index (χ2v) is 8.60. The summed E-state index contributed by atoms with van der Waals surface area (Å²) in [6.45, 7) is 6.71. The summed E-state index contributed by atoms with van der Waals surface area (Å²) in [7, 11) is 0. The highest BCUT2D eigenvalue weighted by atomic mass is 19.4. The third-order valence-electron chi connectivity index (χ3n) is 6.50. The van der Waals surface area contributed by atoms with Gasteiger partial charge in [0.15, 0.2) is 5.82 Å². The Morgan fingerprint density at radius 1 is 1.22 bits per heavy atom. The van der Waals surface area contributed by atoms with Crippen molar-refractivity contribution in [2.75, 3.05) is 23.4 Å². The summed E-state index contributed by atoms with van der Waals surface area (Å²) >= 11 is 0. The molecular formula is C23H24F3N5O. The van der Waals surface area contributed by atoms with Crippen molar-refractivity contribution in [3.8, 4) is 0 Å². The molecule has 2 bridgehead atoms. The molecule has 6 nitrogen and oxygen atoms in total. The topological polar surface area (TPSA) is 63.2 Å². The molecule has 5 rings (SSSR count). The second-order valence-electron chi connectivity index (χ2n) is 8.60. The fourth-order valence-corrected chi connectivity index (χ4v) is 4.84. The van der Waals surface area contributed by atoms with Gasteiger partial charge >= 0.3 is 6.18 Å². The first kappa shape index (κ1) is 20.9. The van der Waals surface area contributed by atoms with Crippen LogP contribution in [-0.4, -0.2) is 40.5 Å². The summed E-state index contributed by atoms with van der Waals surface area (Å²) in [5.41, 5.74) is 2.56. The lowest BCUT2D eigenvalue weighted by Gasteiger charge is -2.29. The van der Waals surface area contributed by atoms with Gasteiger partial charge in [-0.25, -0.2) is 0 Å². The van der Waals surface area contributed by atoms with Gasteiger partial charge in [-0.15, -0.1) is 5.10 Å². The van der Waals surface area contributed by atoms with Gasteiger partial charge in [-0.1, -0.05) is 12.1 Å². The third kappa shape index (κ3) is 3.54. The molecular weight excluding hydrogens is 419 g/mol. The van der Waals surface area contributed by atoms with E-state index in [0.717, 1.165) is 35.6 Å². The Labute approximate surface area is 183 Å². The number of nitrogens with one attached hydrogen (secondary N) is 1. The molecule has 0 saturated carbocycles. The average Bonchev–Trinajstić information content (AvgIpc) is 3.38. The van der Waals surface area contributed by atoms with E-state index in [1.165, 1.54) is 13.0 Å². The van der Waals surface area contributed by atoms with E-state index >= 15 is 0 Å². The monoisotopic (exact) mass is 443 g/mol. The minimum atomic E-state index is -4.40. The number of halogens is 3. The maximum absolute atomic E-state index is 13.4. The van der Waals surface area contributed by atoms with Crippen LogP contribution in [0.2, 0.25) is 0 Å². The normalized spacial score (nSPS) is 21.4. The van der Waals surface area contributed by atoms with Gasteiger partial charge in [-0.3, -0.25) is 4.98 Å². The van der Waals surface area contributed by atoms with Gasteiger partial charge in [0.25, 0.3) is 0 Å². The van der Waals surface area contributed by atoms with E-state index in [2.05, 4.69) is 25.4 Å². The van der Waals surface area contributed by atoms with E-state index in [1.807, 2.05) is 26.1 Å². The lowest BCUT2D eigenvalue weighted by Crippen LogP contribution is -2.36. The van der Waals surface area contributed by atoms with Crippen LogP contribution in [0.3, 0.4) is 0 Å². The SMILES string of the molecule is Cc1c([C@@H](C)Nc2nnc(C)c3ncc(N4C[C@H]5C[C@@H]4CO5)cc23)cccc1C(F)(F)F. The summed E-state index contributed by atoms with van der Waals surface area (Å²) in [6, 6.07) is 6.23. The van der Waals surface area contributed by atoms with E-state index in [9.17, 15) is 13.2 Å². The van der Waals surface area contributed by atoms with E-state index in [1.54, 1.807) is 6.07 Å². The van der Waals surface area contributed by atoms with Crippen LogP contribution in [0.5, 0.6) is 0 Å². The zero-order valence-corrected chi connectivity index (χ0v) is 18.1. The van der Waals surface area contributed by atoms with Crippen LogP contribution < -0.4 is 10.2 Å². The molecule has 4 heterocycles. The number of nitrogens with zero attached hydrogens (tertiary/aromatic N) is 4. The van der Waals surface area contributed by atoms with Crippen molar-refractivity contribution in [1.82, 2.24) is 15.2 Å². The van der Waals surface area contributed by atoms with Crippen molar-refractivity contribution >= 4 is 22.4 Å². The fourth-order valence-electron chi connectivity index (χ4n) is 4.84. The maximum Gasteiger partial charge on any atom is 0.416 e. The Morgan fingerprint density at radius 3 is 2.72 bits per heavy atom. The molecule has 3 atom stereocenters. The summed E-state index contributed by atoms with van der Waals surface area (Å²) in [6.07, 6.45) is -1.27. The minimum absolute atomic E-state index is 0.205. The number of benzene rings is 1. The second kappa shape index (κ2) is 7.58. The lowest BCUT2D eigenvalue weighted by atomic mass is 9.97. The van der Waals surface area contributed by atoms with Crippen molar-refractivity contribution in [2.45, 2.75) is 51.6 Å². The number of hydrogen-bond donors (Lipinski definition) is 1. The van der Waals surface area contributed by atoms with Crippen LogP contribution in [0.4, 0.5) is 24.7 Å². The Kier molecular flexibility index (Phi) is 4.96. The zero-order valence-electron chi connectivity index (χ0n) is 18.1. The standard InChI is InChI=1S/C23H24F3N5O/c1-12-18(5-4-6-20(12)23(24,25)26)13(2)28-22-19-8-15(9-27-21(19)14(3)29-30-22)31-10-17-7-16(31)11-32-17/h4-6,8-9,13,16-17H,7,10-11H2,1-3H3,(H,28,30)/t13-,16-,17-/m1/s1. The van der Waals surface area contributed by atoms with Crippen molar-refractivity contribution in [3.63, 3.8) is 0 Å². The molecule has 32 heavy (non-hydrogen) atoms. The Balaban J connectivity index is 1.50. The van der Waals surface area contributed by atoms with Gasteiger partial charge in [0.1, 0.15) is 0 Å². The largest absolute Gasteiger partial charge is 0.416 e. The van der Waals surface area contributed by atoms with E-state index < -0.39 is 17.8 Å². The lowest BCUT2D eigenvalue weighted by molar-refractivity contribution is -0.138. The van der Waals surface area contributed by atoms with Gasteiger partial charge in [0, 0.05) is 11.9 Å². The van der Waals surface area contributed by atoms with E-state index in [0.29, 0.717) is 29.7 Å². The van der Waals surface area contributed by atoms with Crippen molar-refractivity contribution in [1.29, 1.82) is 0 Å². The van der Waals surface area contributed by atoms with Crippen molar-refractivity contribution < 1.29 is 17.9 Å².